The number of carbonyl (C=O) groups excluding carboxylic acids is 1. The van der Waals surface area contributed by atoms with Gasteiger partial charge in [-0.3, -0.25) is 4.79 Å². The Morgan fingerprint density at radius 1 is 0.833 bits per heavy atom. The first kappa shape index (κ1) is 17.6. The molecule has 4 heteroatoms. The Morgan fingerprint density at radius 3 is 1.72 bits per heavy atom. The van der Waals surface area contributed by atoms with E-state index in [0.29, 0.717) is 0 Å². The van der Waals surface area contributed by atoms with Crippen LogP contribution >= 0.6 is 0 Å². The third-order valence-electron chi connectivity index (χ3n) is 2.29. The summed E-state index contributed by atoms with van der Waals surface area (Å²) in [6.45, 7) is 15.2. The molecular weight excluding hydrogens is 232 g/mol. The van der Waals surface area contributed by atoms with E-state index < -0.39 is 11.2 Å². The molecule has 0 unspecified atom stereocenters. The van der Waals surface area contributed by atoms with Crippen molar-refractivity contribution >= 4 is 5.78 Å². The summed E-state index contributed by atoms with van der Waals surface area (Å²) in [4.78, 5) is 11.7. The SMILES string of the molecule is CC(C)(C)OCOC(C)(C)OCC(=O)C(C)(C)C. The monoisotopic (exact) mass is 260 g/mol. The lowest BCUT2D eigenvalue weighted by molar-refractivity contribution is -0.265. The summed E-state index contributed by atoms with van der Waals surface area (Å²) in [6.07, 6.45) is 0. The van der Waals surface area contributed by atoms with E-state index in [1.807, 2.05) is 41.5 Å². The fraction of sp³-hybridized carbons (Fsp3) is 0.929. The van der Waals surface area contributed by atoms with Gasteiger partial charge in [-0.15, -0.1) is 0 Å². The molecule has 0 spiro atoms. The molecule has 108 valence electrons. The molecule has 0 amide bonds. The van der Waals surface area contributed by atoms with Gasteiger partial charge in [-0.1, -0.05) is 20.8 Å². The maximum absolute atomic E-state index is 11.7. The molecule has 18 heavy (non-hydrogen) atoms. The predicted molar refractivity (Wildman–Crippen MR) is 71.3 cm³/mol. The van der Waals surface area contributed by atoms with Crippen LogP contribution < -0.4 is 0 Å². The smallest absolute Gasteiger partial charge is 0.166 e. The first-order valence-electron chi connectivity index (χ1n) is 6.29. The van der Waals surface area contributed by atoms with Gasteiger partial charge in [-0.2, -0.15) is 0 Å². The Labute approximate surface area is 111 Å². The van der Waals surface area contributed by atoms with Gasteiger partial charge in [-0.05, 0) is 34.6 Å². The van der Waals surface area contributed by atoms with Crippen molar-refractivity contribution in [2.45, 2.75) is 66.8 Å². The predicted octanol–water partition coefficient (Wildman–Crippen LogP) is 3.14. The molecular formula is C14H28O4. The summed E-state index contributed by atoms with van der Waals surface area (Å²) >= 11 is 0. The number of rotatable bonds is 6. The van der Waals surface area contributed by atoms with Crippen molar-refractivity contribution in [3.63, 3.8) is 0 Å². The van der Waals surface area contributed by atoms with Gasteiger partial charge in [0.15, 0.2) is 18.4 Å². The van der Waals surface area contributed by atoms with Crippen LogP contribution in [-0.2, 0) is 19.0 Å². The van der Waals surface area contributed by atoms with Crippen LogP contribution in [0.4, 0.5) is 0 Å². The highest BCUT2D eigenvalue weighted by atomic mass is 16.8. The minimum Gasteiger partial charge on any atom is -0.350 e. The Hall–Kier alpha value is -0.450. The maximum atomic E-state index is 11.7. The van der Waals surface area contributed by atoms with Crippen molar-refractivity contribution in [3.05, 3.63) is 0 Å². The van der Waals surface area contributed by atoms with Crippen LogP contribution in [0.5, 0.6) is 0 Å². The minimum absolute atomic E-state index is 0.0476. The maximum Gasteiger partial charge on any atom is 0.166 e. The summed E-state index contributed by atoms with van der Waals surface area (Å²) < 4.78 is 16.4. The molecule has 0 rings (SSSR count). The molecule has 0 aromatic heterocycles. The molecule has 0 aromatic carbocycles. The third-order valence-corrected chi connectivity index (χ3v) is 2.29. The average Bonchev–Trinajstić information content (AvgIpc) is 2.10. The average molecular weight is 260 g/mol. The Balaban J connectivity index is 4.05. The summed E-state index contributed by atoms with van der Waals surface area (Å²) in [5.74, 6) is -0.775. The highest BCUT2D eigenvalue weighted by Gasteiger charge is 2.26. The van der Waals surface area contributed by atoms with Gasteiger partial charge in [0.1, 0.15) is 6.61 Å². The quantitative estimate of drug-likeness (QED) is 0.688. The normalized spacial score (nSPS) is 13.8. The number of carbonyl (C=O) groups is 1. The standard InChI is InChI=1S/C14H28O4/c1-12(2,3)11(15)9-16-14(7,8)18-10-17-13(4,5)6/h9-10H2,1-8H3. The van der Waals surface area contributed by atoms with Gasteiger partial charge in [0.05, 0.1) is 5.60 Å². The summed E-state index contributed by atoms with van der Waals surface area (Å²) in [7, 11) is 0. The molecule has 0 aliphatic heterocycles. The zero-order valence-electron chi connectivity index (χ0n) is 13.0. The fourth-order valence-electron chi connectivity index (χ4n) is 0.846. The largest absolute Gasteiger partial charge is 0.350 e. The zero-order chi connectivity index (χ0) is 14.6. The van der Waals surface area contributed by atoms with Gasteiger partial charge >= 0.3 is 0 Å². The lowest BCUT2D eigenvalue weighted by Crippen LogP contribution is -2.36. The second kappa shape index (κ2) is 6.13. The minimum atomic E-state index is -0.827. The van der Waals surface area contributed by atoms with Crippen LogP contribution in [0, 0.1) is 5.41 Å². The van der Waals surface area contributed by atoms with Gasteiger partial charge in [-0.25, -0.2) is 0 Å². The van der Waals surface area contributed by atoms with E-state index in [2.05, 4.69) is 0 Å². The van der Waals surface area contributed by atoms with E-state index in [1.165, 1.54) is 0 Å². The van der Waals surface area contributed by atoms with Crippen LogP contribution in [0.15, 0.2) is 0 Å². The molecule has 0 heterocycles. The number of hydrogen-bond acceptors (Lipinski definition) is 4. The van der Waals surface area contributed by atoms with Crippen LogP contribution in [0.3, 0.4) is 0 Å². The van der Waals surface area contributed by atoms with Crippen molar-refractivity contribution in [3.8, 4) is 0 Å². The van der Waals surface area contributed by atoms with E-state index in [-0.39, 0.29) is 24.8 Å². The van der Waals surface area contributed by atoms with E-state index in [4.69, 9.17) is 14.2 Å². The Morgan fingerprint density at radius 2 is 1.33 bits per heavy atom. The molecule has 0 atom stereocenters. The van der Waals surface area contributed by atoms with Crippen LogP contribution in [0.1, 0.15) is 55.4 Å². The molecule has 0 aromatic rings. The van der Waals surface area contributed by atoms with Crippen molar-refractivity contribution < 1.29 is 19.0 Å². The number of ketones is 1. The van der Waals surface area contributed by atoms with Crippen LogP contribution in [0.25, 0.3) is 0 Å². The van der Waals surface area contributed by atoms with Crippen molar-refractivity contribution in [1.82, 2.24) is 0 Å². The zero-order valence-corrected chi connectivity index (χ0v) is 13.0. The lowest BCUT2D eigenvalue weighted by Gasteiger charge is -2.29. The second-order valence-corrected chi connectivity index (χ2v) is 6.88. The lowest BCUT2D eigenvalue weighted by atomic mass is 9.91. The summed E-state index contributed by atoms with van der Waals surface area (Å²) in [6, 6.07) is 0. The Bertz CT molecular complexity index is 268. The highest BCUT2D eigenvalue weighted by molar-refractivity contribution is 5.84. The van der Waals surface area contributed by atoms with Crippen LogP contribution in [0.2, 0.25) is 0 Å². The topological polar surface area (TPSA) is 44.8 Å². The third kappa shape index (κ3) is 8.61. The fourth-order valence-corrected chi connectivity index (χ4v) is 0.846. The molecule has 0 aliphatic rings. The molecule has 0 aliphatic carbocycles. The summed E-state index contributed by atoms with van der Waals surface area (Å²) in [5.41, 5.74) is -0.644. The van der Waals surface area contributed by atoms with E-state index >= 15 is 0 Å². The first-order chi connectivity index (χ1) is 7.83. The number of ether oxygens (including phenoxy) is 3. The van der Waals surface area contributed by atoms with Gasteiger partial charge in [0, 0.05) is 5.41 Å². The van der Waals surface area contributed by atoms with Gasteiger partial charge < -0.3 is 14.2 Å². The molecule has 0 saturated heterocycles. The number of hydrogen-bond donors (Lipinski definition) is 0. The Kier molecular flexibility index (Phi) is 5.98. The molecule has 0 fully saturated rings. The molecule has 0 bridgehead atoms. The van der Waals surface area contributed by atoms with E-state index in [1.54, 1.807) is 13.8 Å². The van der Waals surface area contributed by atoms with Crippen molar-refractivity contribution in [2.24, 2.45) is 5.41 Å². The van der Waals surface area contributed by atoms with E-state index in [9.17, 15) is 4.79 Å². The van der Waals surface area contributed by atoms with Crippen LogP contribution in [-0.4, -0.2) is 30.6 Å². The van der Waals surface area contributed by atoms with E-state index in [0.717, 1.165) is 0 Å². The molecule has 4 nitrogen and oxygen atoms in total. The first-order valence-corrected chi connectivity index (χ1v) is 6.29. The molecule has 0 radical (unpaired) electrons. The second-order valence-electron chi connectivity index (χ2n) is 6.88. The van der Waals surface area contributed by atoms with Gasteiger partial charge in [0.2, 0.25) is 0 Å². The molecule has 0 saturated carbocycles. The van der Waals surface area contributed by atoms with Gasteiger partial charge in [0.25, 0.3) is 0 Å². The summed E-state index contributed by atoms with van der Waals surface area (Å²) in [5, 5.41) is 0. The molecule has 0 N–H and O–H groups in total. The van der Waals surface area contributed by atoms with Crippen molar-refractivity contribution in [2.75, 3.05) is 13.4 Å². The highest BCUT2D eigenvalue weighted by Crippen LogP contribution is 2.18. The van der Waals surface area contributed by atoms with Crippen molar-refractivity contribution in [1.29, 1.82) is 0 Å². The number of Topliss-reactive ketones (excluding diaryl/α,β-unsaturated/α-hetero) is 1.